The quantitative estimate of drug-likeness (QED) is 0.0233. The number of allylic oxidation sites excluding steroid dienone is 6. The molecule has 0 saturated carbocycles. The molecule has 0 spiro atoms. The molecule has 3 atom stereocenters. The van der Waals surface area contributed by atoms with Crippen molar-refractivity contribution in [1.82, 2.24) is 0 Å². The molecule has 0 rings (SSSR count). The number of ether oxygens (including phenoxy) is 2. The van der Waals surface area contributed by atoms with E-state index in [1.165, 1.54) is 141 Å². The highest BCUT2D eigenvalue weighted by Crippen LogP contribution is 2.43. The number of hydrogen-bond acceptors (Lipinski definition) is 8. The lowest BCUT2D eigenvalue weighted by Gasteiger charge is -2.20. The van der Waals surface area contributed by atoms with Gasteiger partial charge in [0.05, 0.1) is 19.8 Å². The van der Waals surface area contributed by atoms with Crippen LogP contribution in [0.3, 0.4) is 0 Å². The Bertz CT molecular complexity index is 1080. The van der Waals surface area contributed by atoms with Gasteiger partial charge in [-0.15, -0.1) is 0 Å². The molecule has 0 aliphatic heterocycles. The van der Waals surface area contributed by atoms with Gasteiger partial charge in [0, 0.05) is 13.0 Å². The molecule has 59 heavy (non-hydrogen) atoms. The largest absolute Gasteiger partial charge is 0.480 e. The first-order valence-corrected chi connectivity index (χ1v) is 25.5. The summed E-state index contributed by atoms with van der Waals surface area (Å²) in [5, 5.41) is 8.91. The van der Waals surface area contributed by atoms with Gasteiger partial charge in [-0.05, 0) is 51.4 Å². The molecule has 0 bridgehead atoms. The number of carbonyl (C=O) groups excluding carboxylic acids is 1. The van der Waals surface area contributed by atoms with E-state index >= 15 is 0 Å². The summed E-state index contributed by atoms with van der Waals surface area (Å²) in [5.74, 6) is -1.78. The van der Waals surface area contributed by atoms with Gasteiger partial charge in [-0.25, -0.2) is 4.57 Å². The summed E-state index contributed by atoms with van der Waals surface area (Å²) < 4.78 is 33.4. The van der Waals surface area contributed by atoms with E-state index in [1.807, 2.05) is 0 Å². The van der Waals surface area contributed by atoms with Gasteiger partial charge < -0.3 is 25.2 Å². The van der Waals surface area contributed by atoms with Crippen molar-refractivity contribution in [1.29, 1.82) is 0 Å². The molecule has 0 amide bonds. The van der Waals surface area contributed by atoms with E-state index in [4.69, 9.17) is 29.4 Å². The van der Waals surface area contributed by atoms with Crippen LogP contribution in [-0.2, 0) is 32.7 Å². The zero-order valence-electron chi connectivity index (χ0n) is 37.9. The first kappa shape index (κ1) is 57.2. The van der Waals surface area contributed by atoms with E-state index in [1.54, 1.807) is 0 Å². The van der Waals surface area contributed by atoms with Crippen LogP contribution in [0.15, 0.2) is 36.5 Å². The molecule has 346 valence electrons. The van der Waals surface area contributed by atoms with Gasteiger partial charge in [0.25, 0.3) is 0 Å². The van der Waals surface area contributed by atoms with Gasteiger partial charge in [0.15, 0.2) is 0 Å². The van der Waals surface area contributed by atoms with Crippen LogP contribution in [0.4, 0.5) is 0 Å². The number of rotatable bonds is 46. The highest BCUT2D eigenvalue weighted by Gasteiger charge is 2.27. The number of unbranched alkanes of at least 4 members (excludes halogenated alkanes) is 26. The topological polar surface area (TPSA) is 155 Å². The van der Waals surface area contributed by atoms with Crippen LogP contribution in [0.1, 0.15) is 219 Å². The number of esters is 1. The van der Waals surface area contributed by atoms with E-state index in [0.29, 0.717) is 13.0 Å². The summed E-state index contributed by atoms with van der Waals surface area (Å²) in [6.07, 6.45) is 50.5. The fourth-order valence-corrected chi connectivity index (χ4v) is 7.45. The van der Waals surface area contributed by atoms with Gasteiger partial charge in [0.2, 0.25) is 0 Å². The minimum atomic E-state index is -4.62. The Balaban J connectivity index is 4.19. The van der Waals surface area contributed by atoms with Gasteiger partial charge >= 0.3 is 19.8 Å². The standard InChI is InChI=1S/C48H90NO9P/c1-3-5-7-9-11-13-15-17-19-21-22-23-25-27-29-31-33-35-37-39-41-55-42-45(43-56-59(53,54)57-44-46(49)48(51)52)58-47(50)40-38-36-34-32-30-28-26-24-20-18-16-14-12-10-8-6-4-2/h11,13,17,19,22-23,45-46H,3-10,12,14-16,18,20-21,24-44,49H2,1-2H3,(H,51,52)(H,53,54)/b13-11-,19-17-,23-22-. The number of carbonyl (C=O) groups is 2. The summed E-state index contributed by atoms with van der Waals surface area (Å²) in [6, 6.07) is -1.47. The Kier molecular flexibility index (Phi) is 42.9. The van der Waals surface area contributed by atoms with Gasteiger partial charge in [-0.2, -0.15) is 0 Å². The maximum atomic E-state index is 12.7. The smallest absolute Gasteiger partial charge is 0.472 e. The number of phosphoric ester groups is 1. The monoisotopic (exact) mass is 856 g/mol. The molecule has 0 aromatic heterocycles. The fourth-order valence-electron chi connectivity index (χ4n) is 6.67. The normalized spacial score (nSPS) is 14.1. The summed E-state index contributed by atoms with van der Waals surface area (Å²) in [4.78, 5) is 33.6. The minimum absolute atomic E-state index is 0.0128. The number of carboxylic acids is 1. The minimum Gasteiger partial charge on any atom is -0.480 e. The molecule has 0 fully saturated rings. The molecular weight excluding hydrogens is 765 g/mol. The fraction of sp³-hybridized carbons (Fsp3) is 0.833. The summed E-state index contributed by atoms with van der Waals surface area (Å²) in [7, 11) is -4.62. The van der Waals surface area contributed by atoms with E-state index in [0.717, 1.165) is 51.4 Å². The Morgan fingerprint density at radius 3 is 1.42 bits per heavy atom. The Morgan fingerprint density at radius 1 is 0.542 bits per heavy atom. The predicted octanol–water partition coefficient (Wildman–Crippen LogP) is 13.7. The Morgan fingerprint density at radius 2 is 0.932 bits per heavy atom. The van der Waals surface area contributed by atoms with Crippen molar-refractivity contribution in [2.45, 2.75) is 231 Å². The number of carboxylic acid groups (broad SMARTS) is 1. The van der Waals surface area contributed by atoms with E-state index < -0.39 is 45.1 Å². The molecular formula is C48H90NO9P. The van der Waals surface area contributed by atoms with Crippen molar-refractivity contribution in [3.05, 3.63) is 36.5 Å². The lowest BCUT2D eigenvalue weighted by Crippen LogP contribution is -2.34. The van der Waals surface area contributed by atoms with Gasteiger partial charge in [0.1, 0.15) is 12.1 Å². The highest BCUT2D eigenvalue weighted by molar-refractivity contribution is 7.47. The zero-order chi connectivity index (χ0) is 43.3. The maximum absolute atomic E-state index is 12.7. The summed E-state index contributed by atoms with van der Waals surface area (Å²) in [6.45, 7) is 3.86. The Labute approximate surface area is 361 Å². The van der Waals surface area contributed by atoms with Gasteiger partial charge in [-0.1, -0.05) is 198 Å². The third-order valence-electron chi connectivity index (χ3n) is 10.4. The second-order valence-corrected chi connectivity index (χ2v) is 17.7. The molecule has 0 radical (unpaired) electrons. The lowest BCUT2D eigenvalue weighted by molar-refractivity contribution is -0.154. The molecule has 0 aliphatic rings. The molecule has 3 unspecified atom stereocenters. The lowest BCUT2D eigenvalue weighted by atomic mass is 10.0. The van der Waals surface area contributed by atoms with Crippen molar-refractivity contribution in [3.8, 4) is 0 Å². The molecule has 0 aliphatic carbocycles. The SMILES string of the molecule is CCCCC/C=C\C/C=C\C/C=C\CCCCCCCCCOCC(COP(=O)(O)OCC(N)C(=O)O)OC(=O)CCCCCCCCCCCCCCCCCCC. The van der Waals surface area contributed by atoms with Crippen LogP contribution in [-0.4, -0.2) is 60.5 Å². The first-order chi connectivity index (χ1) is 28.7. The van der Waals surface area contributed by atoms with Crippen molar-refractivity contribution in [2.75, 3.05) is 26.4 Å². The third-order valence-corrected chi connectivity index (χ3v) is 11.4. The van der Waals surface area contributed by atoms with E-state index in [-0.39, 0.29) is 13.0 Å². The number of nitrogens with two attached hydrogens (primary N) is 1. The van der Waals surface area contributed by atoms with Crippen molar-refractivity contribution >= 4 is 19.8 Å². The molecule has 11 heteroatoms. The molecule has 0 heterocycles. The van der Waals surface area contributed by atoms with Gasteiger partial charge in [-0.3, -0.25) is 18.6 Å². The van der Waals surface area contributed by atoms with Crippen LogP contribution >= 0.6 is 7.82 Å². The zero-order valence-corrected chi connectivity index (χ0v) is 38.7. The van der Waals surface area contributed by atoms with E-state index in [2.05, 4.69) is 50.3 Å². The summed E-state index contributed by atoms with van der Waals surface area (Å²) >= 11 is 0. The Hall–Kier alpha value is -1.81. The highest BCUT2D eigenvalue weighted by atomic mass is 31.2. The number of aliphatic carboxylic acids is 1. The van der Waals surface area contributed by atoms with Crippen LogP contribution < -0.4 is 5.73 Å². The van der Waals surface area contributed by atoms with Crippen LogP contribution in [0.2, 0.25) is 0 Å². The molecule has 10 nitrogen and oxygen atoms in total. The molecule has 0 aromatic carbocycles. The van der Waals surface area contributed by atoms with Crippen molar-refractivity contribution in [2.24, 2.45) is 5.73 Å². The summed E-state index contributed by atoms with van der Waals surface area (Å²) in [5.41, 5.74) is 5.37. The van der Waals surface area contributed by atoms with E-state index in [9.17, 15) is 19.0 Å². The van der Waals surface area contributed by atoms with Crippen LogP contribution in [0.5, 0.6) is 0 Å². The number of hydrogen-bond donors (Lipinski definition) is 3. The predicted molar refractivity (Wildman–Crippen MR) is 245 cm³/mol. The van der Waals surface area contributed by atoms with Crippen molar-refractivity contribution in [3.63, 3.8) is 0 Å². The molecule has 0 saturated heterocycles. The third kappa shape index (κ3) is 44.1. The number of phosphoric acid groups is 1. The average Bonchev–Trinajstić information content (AvgIpc) is 3.21. The van der Waals surface area contributed by atoms with Crippen LogP contribution in [0, 0.1) is 0 Å². The molecule has 0 aromatic rings. The van der Waals surface area contributed by atoms with Crippen LogP contribution in [0.25, 0.3) is 0 Å². The average molecular weight is 856 g/mol. The second kappa shape index (κ2) is 44.3. The first-order valence-electron chi connectivity index (χ1n) is 24.0. The molecule has 4 N–H and O–H groups in total. The maximum Gasteiger partial charge on any atom is 0.472 e. The van der Waals surface area contributed by atoms with Crippen molar-refractivity contribution < 1.29 is 42.7 Å². The second-order valence-electron chi connectivity index (χ2n) is 16.2.